The number of hydrogen-bond acceptors (Lipinski definition) is 6. The number of nitrogens with zero attached hydrogens (tertiary/aromatic N) is 1. The number of hydrogen-bond donors (Lipinski definition) is 1. The first-order chi connectivity index (χ1) is 14.3. The standard InChI is InChI=1S/C22H26N2O5S/c1-3-30(27,28)20-9-5-4-8-18(20)22(26)29-15-21(25)23-19-11-10-17(14-16(19)2)24-12-6-7-13-24/h4-5,8-11,14H,3,6-7,12-13,15H2,1-2H3,(H,23,25). The van der Waals surface area contributed by atoms with Gasteiger partial charge < -0.3 is 15.0 Å². The third-order valence-corrected chi connectivity index (χ3v) is 6.90. The van der Waals surface area contributed by atoms with Crippen LogP contribution in [0, 0.1) is 6.92 Å². The van der Waals surface area contributed by atoms with Crippen molar-refractivity contribution in [2.24, 2.45) is 0 Å². The van der Waals surface area contributed by atoms with E-state index in [0.29, 0.717) is 5.69 Å². The highest BCUT2D eigenvalue weighted by Crippen LogP contribution is 2.25. The first kappa shape index (κ1) is 21.8. The Morgan fingerprint density at radius 2 is 1.80 bits per heavy atom. The van der Waals surface area contributed by atoms with E-state index in [1.165, 1.54) is 31.9 Å². The topological polar surface area (TPSA) is 92.8 Å². The van der Waals surface area contributed by atoms with Gasteiger partial charge in [-0.15, -0.1) is 0 Å². The lowest BCUT2D eigenvalue weighted by Gasteiger charge is -2.19. The number of esters is 1. The van der Waals surface area contributed by atoms with Crippen molar-refractivity contribution in [2.45, 2.75) is 31.6 Å². The van der Waals surface area contributed by atoms with Gasteiger partial charge in [-0.05, 0) is 55.7 Å². The summed E-state index contributed by atoms with van der Waals surface area (Å²) in [6.45, 7) is 4.98. The summed E-state index contributed by atoms with van der Waals surface area (Å²) in [7, 11) is -3.58. The molecule has 1 heterocycles. The third kappa shape index (κ3) is 4.99. The zero-order chi connectivity index (χ0) is 21.7. The average molecular weight is 431 g/mol. The van der Waals surface area contributed by atoms with Crippen LogP contribution >= 0.6 is 0 Å². The molecule has 0 atom stereocenters. The fourth-order valence-electron chi connectivity index (χ4n) is 3.42. The molecule has 2 aromatic rings. The SMILES string of the molecule is CCS(=O)(=O)c1ccccc1C(=O)OCC(=O)Nc1ccc(N2CCCC2)cc1C. The van der Waals surface area contributed by atoms with E-state index < -0.39 is 28.3 Å². The molecule has 0 unspecified atom stereocenters. The number of carbonyl (C=O) groups is 2. The number of nitrogens with one attached hydrogen (secondary N) is 1. The highest BCUT2D eigenvalue weighted by atomic mass is 32.2. The Morgan fingerprint density at radius 3 is 2.47 bits per heavy atom. The molecule has 8 heteroatoms. The van der Waals surface area contributed by atoms with Crippen molar-refractivity contribution in [2.75, 3.05) is 35.7 Å². The van der Waals surface area contributed by atoms with E-state index in [-0.39, 0.29) is 16.2 Å². The lowest BCUT2D eigenvalue weighted by atomic mass is 10.1. The van der Waals surface area contributed by atoms with E-state index in [2.05, 4.69) is 10.2 Å². The summed E-state index contributed by atoms with van der Waals surface area (Å²) in [5, 5.41) is 2.74. The summed E-state index contributed by atoms with van der Waals surface area (Å²) >= 11 is 0. The molecular formula is C22H26N2O5S. The van der Waals surface area contributed by atoms with E-state index in [4.69, 9.17) is 4.74 Å². The summed E-state index contributed by atoms with van der Waals surface area (Å²) in [6.07, 6.45) is 2.37. The van der Waals surface area contributed by atoms with Gasteiger partial charge in [-0.1, -0.05) is 19.1 Å². The normalized spacial score (nSPS) is 13.9. The van der Waals surface area contributed by atoms with Gasteiger partial charge in [-0.25, -0.2) is 13.2 Å². The molecule has 30 heavy (non-hydrogen) atoms. The van der Waals surface area contributed by atoms with Crippen LogP contribution in [0.3, 0.4) is 0 Å². The molecule has 1 saturated heterocycles. The van der Waals surface area contributed by atoms with E-state index >= 15 is 0 Å². The quantitative estimate of drug-likeness (QED) is 0.678. The predicted octanol–water partition coefficient (Wildman–Crippen LogP) is 3.18. The minimum absolute atomic E-state index is 0.0710. The maximum atomic E-state index is 12.4. The zero-order valence-electron chi connectivity index (χ0n) is 17.2. The van der Waals surface area contributed by atoms with Crippen LogP contribution in [0.4, 0.5) is 11.4 Å². The first-order valence-electron chi connectivity index (χ1n) is 9.96. The van der Waals surface area contributed by atoms with Crippen LogP contribution in [0.5, 0.6) is 0 Å². The number of amides is 1. The maximum Gasteiger partial charge on any atom is 0.339 e. The van der Waals surface area contributed by atoms with Gasteiger partial charge in [0.25, 0.3) is 5.91 Å². The van der Waals surface area contributed by atoms with E-state index in [9.17, 15) is 18.0 Å². The maximum absolute atomic E-state index is 12.4. The summed E-state index contributed by atoms with van der Waals surface area (Å²) in [5.74, 6) is -1.47. The second-order valence-corrected chi connectivity index (χ2v) is 9.46. The Hall–Kier alpha value is -2.87. The second kappa shape index (κ2) is 9.30. The summed E-state index contributed by atoms with van der Waals surface area (Å²) in [5.41, 5.74) is 2.62. The zero-order valence-corrected chi connectivity index (χ0v) is 18.0. The molecule has 0 aliphatic carbocycles. The highest BCUT2D eigenvalue weighted by molar-refractivity contribution is 7.91. The molecule has 1 amide bonds. The number of benzene rings is 2. The molecule has 1 N–H and O–H groups in total. The van der Waals surface area contributed by atoms with Crippen LogP contribution < -0.4 is 10.2 Å². The lowest BCUT2D eigenvalue weighted by molar-refractivity contribution is -0.119. The van der Waals surface area contributed by atoms with Crippen molar-refractivity contribution < 1.29 is 22.7 Å². The smallest absolute Gasteiger partial charge is 0.339 e. The van der Waals surface area contributed by atoms with Gasteiger partial charge in [0.2, 0.25) is 0 Å². The monoisotopic (exact) mass is 430 g/mol. The van der Waals surface area contributed by atoms with Crippen molar-refractivity contribution in [3.63, 3.8) is 0 Å². The van der Waals surface area contributed by atoms with Gasteiger partial charge in [0.1, 0.15) is 0 Å². The van der Waals surface area contributed by atoms with Crippen LogP contribution in [-0.2, 0) is 19.4 Å². The Kier molecular flexibility index (Phi) is 6.77. The second-order valence-electron chi connectivity index (χ2n) is 7.22. The van der Waals surface area contributed by atoms with E-state index in [1.54, 1.807) is 12.1 Å². The number of rotatable bonds is 7. The summed E-state index contributed by atoms with van der Waals surface area (Å²) < 4.78 is 29.4. The fourth-order valence-corrected chi connectivity index (χ4v) is 4.50. The molecule has 7 nitrogen and oxygen atoms in total. The number of aryl methyl sites for hydroxylation is 1. The first-order valence-corrected chi connectivity index (χ1v) is 11.6. The lowest BCUT2D eigenvalue weighted by Crippen LogP contribution is -2.22. The van der Waals surface area contributed by atoms with Crippen LogP contribution in [0.2, 0.25) is 0 Å². The fraction of sp³-hybridized carbons (Fsp3) is 0.364. The number of carbonyl (C=O) groups excluding carboxylic acids is 2. The molecule has 1 aliphatic heterocycles. The minimum Gasteiger partial charge on any atom is -0.452 e. The van der Waals surface area contributed by atoms with Gasteiger partial charge >= 0.3 is 5.97 Å². The largest absolute Gasteiger partial charge is 0.452 e. The predicted molar refractivity (Wildman–Crippen MR) is 116 cm³/mol. The summed E-state index contributed by atoms with van der Waals surface area (Å²) in [6, 6.07) is 11.7. The molecule has 160 valence electrons. The molecule has 3 rings (SSSR count). The molecular weight excluding hydrogens is 404 g/mol. The minimum atomic E-state index is -3.58. The Balaban J connectivity index is 1.62. The molecule has 0 bridgehead atoms. The van der Waals surface area contributed by atoms with Crippen molar-refractivity contribution >= 4 is 33.1 Å². The van der Waals surface area contributed by atoms with Gasteiger partial charge in [0.05, 0.1) is 16.2 Å². The number of sulfone groups is 1. The third-order valence-electron chi connectivity index (χ3n) is 5.11. The van der Waals surface area contributed by atoms with E-state index in [0.717, 1.165) is 24.3 Å². The van der Waals surface area contributed by atoms with Crippen molar-refractivity contribution in [1.29, 1.82) is 0 Å². The molecule has 0 aromatic heterocycles. The van der Waals surface area contributed by atoms with Gasteiger partial charge in [0, 0.05) is 24.5 Å². The molecule has 0 spiro atoms. The average Bonchev–Trinajstić information content (AvgIpc) is 3.28. The van der Waals surface area contributed by atoms with Gasteiger partial charge in [0.15, 0.2) is 16.4 Å². The summed E-state index contributed by atoms with van der Waals surface area (Å²) in [4.78, 5) is 26.9. The van der Waals surface area contributed by atoms with Crippen LogP contribution in [0.1, 0.15) is 35.7 Å². The van der Waals surface area contributed by atoms with Crippen LogP contribution in [0.15, 0.2) is 47.4 Å². The highest BCUT2D eigenvalue weighted by Gasteiger charge is 2.22. The van der Waals surface area contributed by atoms with Crippen molar-refractivity contribution in [1.82, 2.24) is 0 Å². The Labute approximate surface area is 177 Å². The van der Waals surface area contributed by atoms with Crippen LogP contribution in [-0.4, -0.2) is 45.7 Å². The molecule has 0 saturated carbocycles. The molecule has 1 aliphatic rings. The Morgan fingerprint density at radius 1 is 1.10 bits per heavy atom. The van der Waals surface area contributed by atoms with Gasteiger partial charge in [-0.3, -0.25) is 4.79 Å². The number of ether oxygens (including phenoxy) is 1. The number of anilines is 2. The molecule has 2 aromatic carbocycles. The van der Waals surface area contributed by atoms with Crippen molar-refractivity contribution in [3.05, 3.63) is 53.6 Å². The van der Waals surface area contributed by atoms with Crippen LogP contribution in [0.25, 0.3) is 0 Å². The van der Waals surface area contributed by atoms with Gasteiger partial charge in [-0.2, -0.15) is 0 Å². The van der Waals surface area contributed by atoms with Crippen molar-refractivity contribution in [3.8, 4) is 0 Å². The van der Waals surface area contributed by atoms with E-state index in [1.807, 2.05) is 25.1 Å². The Bertz CT molecular complexity index is 1040. The molecule has 1 fully saturated rings. The molecule has 0 radical (unpaired) electrons.